The van der Waals surface area contributed by atoms with Gasteiger partial charge in [-0.3, -0.25) is 4.98 Å². The molecule has 0 aliphatic carbocycles. The van der Waals surface area contributed by atoms with Gasteiger partial charge in [0, 0.05) is 18.0 Å². The number of nitrogens with zero attached hydrogens (tertiary/aromatic N) is 2. The maximum Gasteiger partial charge on any atom is 0.129 e. The van der Waals surface area contributed by atoms with Crippen LogP contribution in [0.5, 0.6) is 0 Å². The molecule has 0 fully saturated rings. The van der Waals surface area contributed by atoms with E-state index in [2.05, 4.69) is 9.97 Å². The average molecular weight is 221 g/mol. The van der Waals surface area contributed by atoms with Gasteiger partial charge >= 0.3 is 0 Å². The van der Waals surface area contributed by atoms with Gasteiger partial charge in [0.1, 0.15) is 5.15 Å². The molecule has 0 aliphatic heterocycles. The number of pyridine rings is 2. The predicted molar refractivity (Wildman–Crippen MR) is 58.4 cm³/mol. The molecule has 76 valence electrons. The van der Waals surface area contributed by atoms with Crippen LogP contribution in [0.1, 0.15) is 5.69 Å². The van der Waals surface area contributed by atoms with Crippen molar-refractivity contribution >= 4 is 11.6 Å². The molecule has 0 saturated carbocycles. The van der Waals surface area contributed by atoms with Gasteiger partial charge in [-0.2, -0.15) is 0 Å². The van der Waals surface area contributed by atoms with E-state index in [0.29, 0.717) is 10.8 Å². The molecule has 0 spiro atoms. The van der Waals surface area contributed by atoms with Crippen molar-refractivity contribution in [3.63, 3.8) is 0 Å². The second kappa shape index (κ2) is 4.38. The maximum atomic E-state index is 9.17. The standard InChI is InChI=1S/C11H9ClN2O/c12-11-2-1-9(10(7-15)14-11)8-3-5-13-6-4-8/h1-6,15H,7H2. The third kappa shape index (κ3) is 2.14. The van der Waals surface area contributed by atoms with Gasteiger partial charge in [0.25, 0.3) is 0 Å². The summed E-state index contributed by atoms with van der Waals surface area (Å²) in [4.78, 5) is 8.00. The minimum atomic E-state index is -0.127. The molecular formula is C11H9ClN2O. The van der Waals surface area contributed by atoms with Crippen LogP contribution >= 0.6 is 11.6 Å². The first-order chi connectivity index (χ1) is 7.31. The first-order valence-corrected chi connectivity index (χ1v) is 4.86. The molecule has 2 heterocycles. The van der Waals surface area contributed by atoms with Crippen molar-refractivity contribution in [3.8, 4) is 11.1 Å². The summed E-state index contributed by atoms with van der Waals surface area (Å²) in [6.45, 7) is -0.127. The van der Waals surface area contributed by atoms with Gasteiger partial charge in [-0.1, -0.05) is 11.6 Å². The number of hydrogen-bond acceptors (Lipinski definition) is 3. The lowest BCUT2D eigenvalue weighted by atomic mass is 10.1. The van der Waals surface area contributed by atoms with Gasteiger partial charge in [0.05, 0.1) is 12.3 Å². The van der Waals surface area contributed by atoms with Gasteiger partial charge in [0.2, 0.25) is 0 Å². The van der Waals surface area contributed by atoms with Crippen molar-refractivity contribution in [2.75, 3.05) is 0 Å². The topological polar surface area (TPSA) is 46.0 Å². The summed E-state index contributed by atoms with van der Waals surface area (Å²) in [7, 11) is 0. The first-order valence-electron chi connectivity index (χ1n) is 4.48. The quantitative estimate of drug-likeness (QED) is 0.790. The molecule has 1 N–H and O–H groups in total. The van der Waals surface area contributed by atoms with E-state index >= 15 is 0 Å². The number of aromatic nitrogens is 2. The molecule has 0 atom stereocenters. The molecule has 0 radical (unpaired) electrons. The maximum absolute atomic E-state index is 9.17. The Morgan fingerprint density at radius 3 is 2.53 bits per heavy atom. The molecule has 15 heavy (non-hydrogen) atoms. The number of aliphatic hydroxyl groups is 1. The van der Waals surface area contributed by atoms with Crippen molar-refractivity contribution in [3.05, 3.63) is 47.5 Å². The zero-order valence-electron chi connectivity index (χ0n) is 7.89. The number of hydrogen-bond donors (Lipinski definition) is 1. The molecule has 0 aliphatic rings. The van der Waals surface area contributed by atoms with Crippen molar-refractivity contribution < 1.29 is 5.11 Å². The van der Waals surface area contributed by atoms with Crippen LogP contribution in [0.15, 0.2) is 36.7 Å². The van der Waals surface area contributed by atoms with Crippen LogP contribution in [0.2, 0.25) is 5.15 Å². The SMILES string of the molecule is OCc1nc(Cl)ccc1-c1ccncc1. The molecule has 2 rings (SSSR count). The molecule has 0 bridgehead atoms. The monoisotopic (exact) mass is 220 g/mol. The summed E-state index contributed by atoms with van der Waals surface area (Å²) in [6, 6.07) is 7.28. The fourth-order valence-corrected chi connectivity index (χ4v) is 1.55. The highest BCUT2D eigenvalue weighted by atomic mass is 35.5. The highest BCUT2D eigenvalue weighted by molar-refractivity contribution is 6.29. The smallest absolute Gasteiger partial charge is 0.129 e. The van der Waals surface area contributed by atoms with Gasteiger partial charge in [-0.15, -0.1) is 0 Å². The van der Waals surface area contributed by atoms with Crippen LogP contribution in [0.4, 0.5) is 0 Å². The molecule has 0 unspecified atom stereocenters. The Bertz CT molecular complexity index is 459. The van der Waals surface area contributed by atoms with Crippen LogP contribution in [-0.4, -0.2) is 15.1 Å². The largest absolute Gasteiger partial charge is 0.390 e. The Kier molecular flexibility index (Phi) is 2.94. The number of halogens is 1. The molecule has 0 amide bonds. The lowest BCUT2D eigenvalue weighted by Crippen LogP contribution is -1.94. The first kappa shape index (κ1) is 10.1. The van der Waals surface area contributed by atoms with Gasteiger partial charge in [-0.05, 0) is 29.8 Å². The molecular weight excluding hydrogens is 212 g/mol. The van der Waals surface area contributed by atoms with Crippen LogP contribution in [0, 0.1) is 0 Å². The highest BCUT2D eigenvalue weighted by Crippen LogP contribution is 2.23. The second-order valence-electron chi connectivity index (χ2n) is 3.02. The summed E-state index contributed by atoms with van der Waals surface area (Å²) < 4.78 is 0. The van der Waals surface area contributed by atoms with Crippen LogP contribution in [0.3, 0.4) is 0 Å². The molecule has 0 aromatic carbocycles. The lowest BCUT2D eigenvalue weighted by molar-refractivity contribution is 0.277. The number of rotatable bonds is 2. The number of aliphatic hydroxyl groups excluding tert-OH is 1. The lowest BCUT2D eigenvalue weighted by Gasteiger charge is -2.06. The average Bonchev–Trinajstić information content (AvgIpc) is 2.30. The van der Waals surface area contributed by atoms with E-state index in [0.717, 1.165) is 11.1 Å². The summed E-state index contributed by atoms with van der Waals surface area (Å²) in [5, 5.41) is 9.55. The Labute approximate surface area is 92.4 Å². The van der Waals surface area contributed by atoms with Crippen molar-refractivity contribution in [1.29, 1.82) is 0 Å². The van der Waals surface area contributed by atoms with E-state index in [9.17, 15) is 0 Å². The Morgan fingerprint density at radius 2 is 1.87 bits per heavy atom. The zero-order chi connectivity index (χ0) is 10.7. The third-order valence-corrected chi connectivity index (χ3v) is 2.29. The Morgan fingerprint density at radius 1 is 1.13 bits per heavy atom. The zero-order valence-corrected chi connectivity index (χ0v) is 8.65. The minimum Gasteiger partial charge on any atom is -0.390 e. The van der Waals surface area contributed by atoms with Gasteiger partial charge in [0.15, 0.2) is 0 Å². The predicted octanol–water partition coefficient (Wildman–Crippen LogP) is 2.29. The molecule has 2 aromatic heterocycles. The second-order valence-corrected chi connectivity index (χ2v) is 3.41. The van der Waals surface area contributed by atoms with Crippen molar-refractivity contribution in [2.24, 2.45) is 0 Å². The Hall–Kier alpha value is -1.45. The molecule has 0 saturated heterocycles. The minimum absolute atomic E-state index is 0.127. The van der Waals surface area contributed by atoms with Crippen molar-refractivity contribution in [1.82, 2.24) is 9.97 Å². The van der Waals surface area contributed by atoms with Crippen molar-refractivity contribution in [2.45, 2.75) is 6.61 Å². The van der Waals surface area contributed by atoms with Crippen LogP contribution in [-0.2, 0) is 6.61 Å². The van der Waals surface area contributed by atoms with E-state index in [-0.39, 0.29) is 6.61 Å². The summed E-state index contributed by atoms with van der Waals surface area (Å²) >= 11 is 5.75. The van der Waals surface area contributed by atoms with E-state index in [4.69, 9.17) is 16.7 Å². The summed E-state index contributed by atoms with van der Waals surface area (Å²) in [5.74, 6) is 0. The van der Waals surface area contributed by atoms with Gasteiger partial charge in [-0.25, -0.2) is 4.98 Å². The van der Waals surface area contributed by atoms with E-state index in [1.165, 1.54) is 0 Å². The van der Waals surface area contributed by atoms with Crippen LogP contribution < -0.4 is 0 Å². The molecule has 3 nitrogen and oxygen atoms in total. The summed E-state index contributed by atoms with van der Waals surface area (Å²) in [6.07, 6.45) is 3.40. The highest BCUT2D eigenvalue weighted by Gasteiger charge is 2.05. The van der Waals surface area contributed by atoms with E-state index in [1.807, 2.05) is 18.2 Å². The van der Waals surface area contributed by atoms with Crippen LogP contribution in [0.25, 0.3) is 11.1 Å². The molecule has 4 heteroatoms. The van der Waals surface area contributed by atoms with E-state index < -0.39 is 0 Å². The third-order valence-electron chi connectivity index (χ3n) is 2.08. The molecule has 2 aromatic rings. The fourth-order valence-electron chi connectivity index (χ4n) is 1.39. The summed E-state index contributed by atoms with van der Waals surface area (Å²) in [5.41, 5.74) is 2.43. The fraction of sp³-hybridized carbons (Fsp3) is 0.0909. The van der Waals surface area contributed by atoms with Gasteiger partial charge < -0.3 is 5.11 Å². The normalized spacial score (nSPS) is 10.3. The Balaban J connectivity index is 2.53. The van der Waals surface area contributed by atoms with E-state index in [1.54, 1.807) is 18.5 Å².